The Bertz CT molecular complexity index is 585. The third kappa shape index (κ3) is 2.69. The summed E-state index contributed by atoms with van der Waals surface area (Å²) in [6.07, 6.45) is 0.0601. The van der Waals surface area contributed by atoms with E-state index in [1.54, 1.807) is 0 Å². The molecule has 114 valence electrons. The van der Waals surface area contributed by atoms with Gasteiger partial charge in [0.15, 0.2) is 0 Å². The van der Waals surface area contributed by atoms with Crippen molar-refractivity contribution in [1.29, 1.82) is 0 Å². The molecule has 1 aromatic carbocycles. The maximum Gasteiger partial charge on any atom is 0.337 e. The minimum Gasteiger partial charge on any atom is -0.465 e. The summed E-state index contributed by atoms with van der Waals surface area (Å²) in [6.45, 7) is 3.77. The molecule has 0 aliphatic heterocycles. The fourth-order valence-electron chi connectivity index (χ4n) is 2.39. The zero-order valence-corrected chi connectivity index (χ0v) is 12.1. The summed E-state index contributed by atoms with van der Waals surface area (Å²) in [6, 6.07) is 3.94. The van der Waals surface area contributed by atoms with Gasteiger partial charge >= 0.3 is 5.97 Å². The van der Waals surface area contributed by atoms with E-state index in [0.717, 1.165) is 0 Å². The first-order valence-electron chi connectivity index (χ1n) is 6.58. The molecule has 1 saturated carbocycles. The van der Waals surface area contributed by atoms with Crippen LogP contribution >= 0.6 is 0 Å². The molecule has 2 atom stereocenters. The number of hydrogen-bond acceptors (Lipinski definition) is 6. The zero-order chi connectivity index (χ0) is 15.8. The van der Waals surface area contributed by atoms with Gasteiger partial charge < -0.3 is 15.2 Å². The molecule has 1 aliphatic rings. The van der Waals surface area contributed by atoms with E-state index in [9.17, 15) is 20.0 Å². The Balaban J connectivity index is 2.31. The van der Waals surface area contributed by atoms with Crippen molar-refractivity contribution in [3.8, 4) is 0 Å². The number of esters is 1. The standard InChI is InChI=1S/C14H18N2O5/c1-14(2)11(7-12(14)17)15-9-6-8(13(18)21-3)4-5-10(9)16(19)20/h4-6,11-12,15,17H,7H2,1-3H3. The maximum absolute atomic E-state index is 11.5. The smallest absolute Gasteiger partial charge is 0.337 e. The topological polar surface area (TPSA) is 102 Å². The van der Waals surface area contributed by atoms with Crippen LogP contribution in [0.3, 0.4) is 0 Å². The van der Waals surface area contributed by atoms with Gasteiger partial charge in [-0.05, 0) is 18.6 Å². The Morgan fingerprint density at radius 3 is 2.67 bits per heavy atom. The number of nitrogens with one attached hydrogen (secondary N) is 1. The molecule has 21 heavy (non-hydrogen) atoms. The first kappa shape index (κ1) is 15.2. The van der Waals surface area contributed by atoms with Crippen molar-refractivity contribution < 1.29 is 19.6 Å². The number of benzene rings is 1. The molecule has 1 aromatic rings. The van der Waals surface area contributed by atoms with Gasteiger partial charge in [-0.3, -0.25) is 10.1 Å². The van der Waals surface area contributed by atoms with E-state index >= 15 is 0 Å². The Morgan fingerprint density at radius 1 is 1.52 bits per heavy atom. The molecule has 2 N–H and O–H groups in total. The lowest BCUT2D eigenvalue weighted by molar-refractivity contribution is -0.384. The van der Waals surface area contributed by atoms with Crippen molar-refractivity contribution in [3.05, 3.63) is 33.9 Å². The lowest BCUT2D eigenvalue weighted by Crippen LogP contribution is -2.56. The Morgan fingerprint density at radius 2 is 2.19 bits per heavy atom. The SMILES string of the molecule is COC(=O)c1ccc([N+](=O)[O-])c(NC2CC(O)C2(C)C)c1. The highest BCUT2D eigenvalue weighted by molar-refractivity contribution is 5.91. The van der Waals surface area contributed by atoms with E-state index in [1.807, 2.05) is 13.8 Å². The molecule has 0 saturated heterocycles. The van der Waals surface area contributed by atoms with Crippen LogP contribution in [0.4, 0.5) is 11.4 Å². The summed E-state index contributed by atoms with van der Waals surface area (Å²) in [4.78, 5) is 22.1. The van der Waals surface area contributed by atoms with E-state index in [0.29, 0.717) is 6.42 Å². The van der Waals surface area contributed by atoms with Crippen molar-refractivity contribution in [2.75, 3.05) is 12.4 Å². The van der Waals surface area contributed by atoms with E-state index in [4.69, 9.17) is 0 Å². The zero-order valence-electron chi connectivity index (χ0n) is 12.1. The third-order valence-electron chi connectivity index (χ3n) is 4.16. The summed E-state index contributed by atoms with van der Waals surface area (Å²) in [5.74, 6) is -0.555. The van der Waals surface area contributed by atoms with Crippen molar-refractivity contribution in [2.24, 2.45) is 5.41 Å². The summed E-state index contributed by atoms with van der Waals surface area (Å²) in [5.41, 5.74) is 0.00536. The second kappa shape index (κ2) is 5.33. The van der Waals surface area contributed by atoms with Crippen molar-refractivity contribution in [2.45, 2.75) is 32.4 Å². The molecule has 0 spiro atoms. The Hall–Kier alpha value is -2.15. The average Bonchev–Trinajstić information content (AvgIpc) is 2.45. The fraction of sp³-hybridized carbons (Fsp3) is 0.500. The number of carbonyl (C=O) groups is 1. The van der Waals surface area contributed by atoms with Gasteiger partial charge in [0.25, 0.3) is 5.69 Å². The Kier molecular flexibility index (Phi) is 3.87. The van der Waals surface area contributed by atoms with Crippen LogP contribution in [0.5, 0.6) is 0 Å². The molecule has 1 aliphatic carbocycles. The largest absolute Gasteiger partial charge is 0.465 e. The molecule has 2 rings (SSSR count). The van der Waals surface area contributed by atoms with Crippen LogP contribution in [-0.4, -0.2) is 35.3 Å². The molecule has 0 amide bonds. The van der Waals surface area contributed by atoms with Crippen LogP contribution in [-0.2, 0) is 4.74 Å². The van der Waals surface area contributed by atoms with Gasteiger partial charge in [-0.25, -0.2) is 4.79 Å². The first-order chi connectivity index (χ1) is 9.77. The number of hydrogen-bond donors (Lipinski definition) is 2. The number of ether oxygens (including phenoxy) is 1. The molecular weight excluding hydrogens is 276 g/mol. The lowest BCUT2D eigenvalue weighted by Gasteiger charge is -2.49. The van der Waals surface area contributed by atoms with Crippen molar-refractivity contribution >= 4 is 17.3 Å². The number of aliphatic hydroxyl groups is 1. The number of methoxy groups -OCH3 is 1. The van der Waals surface area contributed by atoms with Gasteiger partial charge in [0, 0.05) is 17.5 Å². The second-order valence-electron chi connectivity index (χ2n) is 5.75. The van der Waals surface area contributed by atoms with Gasteiger partial charge in [0.1, 0.15) is 5.69 Å². The highest BCUT2D eigenvalue weighted by Crippen LogP contribution is 2.43. The number of nitro benzene ring substituents is 1. The maximum atomic E-state index is 11.5. The molecule has 7 heteroatoms. The lowest BCUT2D eigenvalue weighted by atomic mass is 9.64. The van der Waals surface area contributed by atoms with Gasteiger partial charge in [-0.1, -0.05) is 13.8 Å². The number of carbonyl (C=O) groups excluding carboxylic acids is 1. The molecule has 0 bridgehead atoms. The average molecular weight is 294 g/mol. The molecule has 0 radical (unpaired) electrons. The number of nitrogens with zero attached hydrogens (tertiary/aromatic N) is 1. The van der Waals surface area contributed by atoms with E-state index < -0.39 is 17.0 Å². The molecular formula is C14H18N2O5. The number of rotatable bonds is 4. The van der Waals surface area contributed by atoms with Crippen LogP contribution in [0.2, 0.25) is 0 Å². The summed E-state index contributed by atoms with van der Waals surface area (Å²) in [5, 5.41) is 23.9. The predicted octanol–water partition coefficient (Wildman–Crippen LogP) is 1.95. The highest BCUT2D eigenvalue weighted by atomic mass is 16.6. The monoisotopic (exact) mass is 294 g/mol. The van der Waals surface area contributed by atoms with Gasteiger partial charge in [0.05, 0.1) is 23.7 Å². The normalized spacial score (nSPS) is 23.0. The van der Waals surface area contributed by atoms with Crippen LogP contribution in [0.1, 0.15) is 30.6 Å². The van der Waals surface area contributed by atoms with Crippen LogP contribution < -0.4 is 5.32 Å². The molecule has 1 fully saturated rings. The molecule has 2 unspecified atom stereocenters. The number of anilines is 1. The quantitative estimate of drug-likeness (QED) is 0.500. The summed E-state index contributed by atoms with van der Waals surface area (Å²) < 4.78 is 4.62. The third-order valence-corrected chi connectivity index (χ3v) is 4.16. The summed E-state index contributed by atoms with van der Waals surface area (Å²) >= 11 is 0. The first-order valence-corrected chi connectivity index (χ1v) is 6.58. The Labute approximate surface area is 122 Å². The van der Waals surface area contributed by atoms with Gasteiger partial charge in [-0.15, -0.1) is 0 Å². The number of nitro groups is 1. The molecule has 0 aromatic heterocycles. The van der Waals surface area contributed by atoms with Crippen molar-refractivity contribution in [3.63, 3.8) is 0 Å². The predicted molar refractivity (Wildman–Crippen MR) is 76.3 cm³/mol. The molecule has 0 heterocycles. The fourth-order valence-corrected chi connectivity index (χ4v) is 2.39. The number of aliphatic hydroxyl groups excluding tert-OH is 1. The molecule has 7 nitrogen and oxygen atoms in total. The van der Waals surface area contributed by atoms with E-state index in [-0.39, 0.29) is 28.4 Å². The van der Waals surface area contributed by atoms with Crippen LogP contribution in [0.25, 0.3) is 0 Å². The second-order valence-corrected chi connectivity index (χ2v) is 5.75. The highest BCUT2D eigenvalue weighted by Gasteiger charge is 2.47. The van der Waals surface area contributed by atoms with Crippen molar-refractivity contribution in [1.82, 2.24) is 0 Å². The van der Waals surface area contributed by atoms with Gasteiger partial charge in [-0.2, -0.15) is 0 Å². The summed E-state index contributed by atoms with van der Waals surface area (Å²) in [7, 11) is 1.25. The minimum absolute atomic E-state index is 0.0981. The van der Waals surface area contributed by atoms with Crippen LogP contribution in [0, 0.1) is 15.5 Å². The van der Waals surface area contributed by atoms with E-state index in [1.165, 1.54) is 25.3 Å². The van der Waals surface area contributed by atoms with Gasteiger partial charge in [0.2, 0.25) is 0 Å². The minimum atomic E-state index is -0.555. The van der Waals surface area contributed by atoms with Crippen LogP contribution in [0.15, 0.2) is 18.2 Å². The van der Waals surface area contributed by atoms with E-state index in [2.05, 4.69) is 10.1 Å².